The van der Waals surface area contributed by atoms with Gasteiger partial charge in [-0.15, -0.1) is 0 Å². The average molecular weight is 625 g/mol. The predicted molar refractivity (Wildman–Crippen MR) is 151 cm³/mol. The average Bonchev–Trinajstić information content (AvgIpc) is 2.95. The lowest BCUT2D eigenvalue weighted by Crippen LogP contribution is -2.65. The zero-order valence-corrected chi connectivity index (χ0v) is 24.7. The summed E-state index contributed by atoms with van der Waals surface area (Å²) in [5, 5.41) is 6.03. The Morgan fingerprint density at radius 3 is 1.66 bits per heavy atom. The molecule has 0 aliphatic heterocycles. The number of nitrogens with one attached hydrogen (secondary N) is 3. The standard InChI is InChI=1S/C29H35F3N4O8/c1-27(2,3)44-26(40)36-28(22(37)41-4,29(30,31)32)16-11-17-33-23(34-24(38)42-18-20-12-7-5-8-13-20)35-25(39)43-19-21-14-9-6-10-15-21/h5-10,12-15H,11,16-19H2,1-4H3,(H,36,40)(H2,33,34,35,38,39). The van der Waals surface area contributed by atoms with Crippen molar-refractivity contribution in [1.29, 1.82) is 0 Å². The smallest absolute Gasteiger partial charge is 0.422 e. The fourth-order valence-electron chi connectivity index (χ4n) is 3.55. The fraction of sp³-hybridized carbons (Fsp3) is 0.414. The predicted octanol–water partition coefficient (Wildman–Crippen LogP) is 4.97. The van der Waals surface area contributed by atoms with E-state index in [1.807, 2.05) is 0 Å². The van der Waals surface area contributed by atoms with Crippen LogP contribution in [-0.2, 0) is 37.0 Å². The Hall–Kier alpha value is -4.82. The molecule has 15 heteroatoms. The van der Waals surface area contributed by atoms with Gasteiger partial charge in [-0.3, -0.25) is 20.9 Å². The highest BCUT2D eigenvalue weighted by atomic mass is 19.4. The van der Waals surface area contributed by atoms with Gasteiger partial charge in [0.1, 0.15) is 18.8 Å². The van der Waals surface area contributed by atoms with Gasteiger partial charge < -0.3 is 18.9 Å². The summed E-state index contributed by atoms with van der Waals surface area (Å²) in [5.41, 5.74) is -3.29. The Bertz CT molecular complexity index is 1230. The van der Waals surface area contributed by atoms with E-state index in [0.29, 0.717) is 11.1 Å². The molecule has 2 aromatic rings. The van der Waals surface area contributed by atoms with E-state index < -0.39 is 66.9 Å². The number of carbonyl (C=O) groups excluding carboxylic acids is 4. The van der Waals surface area contributed by atoms with E-state index in [9.17, 15) is 32.3 Å². The van der Waals surface area contributed by atoms with Gasteiger partial charge in [-0.05, 0) is 44.7 Å². The van der Waals surface area contributed by atoms with Gasteiger partial charge in [-0.1, -0.05) is 60.7 Å². The van der Waals surface area contributed by atoms with Crippen LogP contribution in [0.25, 0.3) is 0 Å². The summed E-state index contributed by atoms with van der Waals surface area (Å²) < 4.78 is 62.2. The molecule has 240 valence electrons. The number of rotatable bonds is 10. The molecule has 0 saturated heterocycles. The van der Waals surface area contributed by atoms with Gasteiger partial charge in [-0.25, -0.2) is 19.2 Å². The number of hydrogen-bond donors (Lipinski definition) is 3. The van der Waals surface area contributed by atoms with Gasteiger partial charge in [0.05, 0.1) is 7.11 Å². The molecule has 3 N–H and O–H groups in total. The number of carbonyl (C=O) groups is 4. The van der Waals surface area contributed by atoms with Crippen LogP contribution in [0.5, 0.6) is 0 Å². The van der Waals surface area contributed by atoms with Crippen LogP contribution in [0, 0.1) is 0 Å². The highest BCUT2D eigenvalue weighted by molar-refractivity contribution is 6.01. The van der Waals surface area contributed by atoms with Crippen LogP contribution < -0.4 is 16.0 Å². The monoisotopic (exact) mass is 624 g/mol. The maximum atomic E-state index is 14.2. The molecule has 0 aliphatic rings. The number of esters is 1. The summed E-state index contributed by atoms with van der Waals surface area (Å²) in [6, 6.07) is 17.3. The van der Waals surface area contributed by atoms with Gasteiger partial charge in [-0.2, -0.15) is 13.2 Å². The Morgan fingerprint density at radius 1 is 0.773 bits per heavy atom. The molecule has 0 spiro atoms. The number of nitrogens with zero attached hydrogens (tertiary/aromatic N) is 1. The maximum Gasteiger partial charge on any atom is 0.422 e. The first-order valence-corrected chi connectivity index (χ1v) is 13.3. The minimum Gasteiger partial charge on any atom is -0.467 e. The number of benzene rings is 2. The lowest BCUT2D eigenvalue weighted by Gasteiger charge is -2.34. The van der Waals surface area contributed by atoms with Gasteiger partial charge in [0, 0.05) is 6.54 Å². The molecule has 0 radical (unpaired) electrons. The van der Waals surface area contributed by atoms with Crippen molar-refractivity contribution in [2.45, 2.75) is 64.1 Å². The van der Waals surface area contributed by atoms with Gasteiger partial charge >= 0.3 is 30.4 Å². The van der Waals surface area contributed by atoms with Crippen LogP contribution >= 0.6 is 0 Å². The lowest BCUT2D eigenvalue weighted by atomic mass is 9.92. The van der Waals surface area contributed by atoms with E-state index in [1.54, 1.807) is 66.0 Å². The number of ether oxygens (including phenoxy) is 4. The number of aliphatic imine (C=N–C) groups is 1. The molecule has 0 fully saturated rings. The second kappa shape index (κ2) is 16.1. The highest BCUT2D eigenvalue weighted by Crippen LogP contribution is 2.36. The molecule has 0 heterocycles. The summed E-state index contributed by atoms with van der Waals surface area (Å²) >= 11 is 0. The van der Waals surface area contributed by atoms with Crippen LogP contribution in [0.15, 0.2) is 65.7 Å². The molecule has 0 aliphatic carbocycles. The first-order valence-electron chi connectivity index (χ1n) is 13.3. The molecule has 0 bridgehead atoms. The van der Waals surface area contributed by atoms with E-state index in [0.717, 1.165) is 7.11 Å². The minimum absolute atomic E-state index is 0.123. The van der Waals surface area contributed by atoms with Crippen LogP contribution in [-0.4, -0.2) is 61.2 Å². The number of amides is 3. The molecule has 1 unspecified atom stereocenters. The van der Waals surface area contributed by atoms with Crippen LogP contribution in [0.1, 0.15) is 44.7 Å². The summed E-state index contributed by atoms with van der Waals surface area (Å²) in [4.78, 5) is 53.4. The number of hydrogen-bond acceptors (Lipinski definition) is 9. The van der Waals surface area contributed by atoms with Crippen LogP contribution in [0.3, 0.4) is 0 Å². The number of guanidine groups is 1. The van der Waals surface area contributed by atoms with Crippen molar-refractivity contribution in [3.63, 3.8) is 0 Å². The molecule has 2 aromatic carbocycles. The molecular formula is C29H35F3N4O8. The molecule has 2 rings (SSSR count). The summed E-state index contributed by atoms with van der Waals surface area (Å²) in [6.07, 6.45) is -10.3. The highest BCUT2D eigenvalue weighted by Gasteiger charge is 2.62. The van der Waals surface area contributed by atoms with Crippen molar-refractivity contribution in [2.24, 2.45) is 4.99 Å². The van der Waals surface area contributed by atoms with E-state index in [1.165, 1.54) is 20.8 Å². The third-order valence-electron chi connectivity index (χ3n) is 5.58. The first kappa shape index (κ1) is 35.4. The second-order valence-electron chi connectivity index (χ2n) is 10.2. The molecule has 1 atom stereocenters. The number of alkyl carbamates (subject to hydrolysis) is 3. The van der Waals surface area contributed by atoms with Crippen molar-refractivity contribution < 1.29 is 51.3 Å². The van der Waals surface area contributed by atoms with Crippen molar-refractivity contribution >= 4 is 30.2 Å². The van der Waals surface area contributed by atoms with Crippen molar-refractivity contribution in [3.8, 4) is 0 Å². The van der Waals surface area contributed by atoms with E-state index in [2.05, 4.69) is 20.4 Å². The zero-order valence-electron chi connectivity index (χ0n) is 24.7. The lowest BCUT2D eigenvalue weighted by molar-refractivity contribution is -0.212. The number of halogens is 3. The first-order chi connectivity index (χ1) is 20.6. The van der Waals surface area contributed by atoms with Gasteiger partial charge in [0.25, 0.3) is 0 Å². The molecule has 3 amide bonds. The Kier molecular flexibility index (Phi) is 13.0. The SMILES string of the molecule is COC(=O)C(CCCN=C(NC(=O)OCc1ccccc1)NC(=O)OCc1ccccc1)(NC(=O)OC(C)(C)C)C(F)(F)F. The van der Waals surface area contributed by atoms with Crippen LogP contribution in [0.4, 0.5) is 27.6 Å². The summed E-state index contributed by atoms with van der Waals surface area (Å²) in [5.74, 6) is -2.26. The zero-order chi connectivity index (χ0) is 32.8. The molecule has 0 saturated carbocycles. The van der Waals surface area contributed by atoms with Crippen molar-refractivity contribution in [3.05, 3.63) is 71.8 Å². The molecular weight excluding hydrogens is 589 g/mol. The Balaban J connectivity index is 2.17. The van der Waals surface area contributed by atoms with Crippen molar-refractivity contribution in [1.82, 2.24) is 16.0 Å². The largest absolute Gasteiger partial charge is 0.467 e. The van der Waals surface area contributed by atoms with Crippen LogP contribution in [0.2, 0.25) is 0 Å². The van der Waals surface area contributed by atoms with E-state index in [4.69, 9.17) is 14.2 Å². The normalized spacial score (nSPS) is 12.5. The third-order valence-corrected chi connectivity index (χ3v) is 5.58. The molecule has 44 heavy (non-hydrogen) atoms. The maximum absolute atomic E-state index is 14.2. The van der Waals surface area contributed by atoms with Gasteiger partial charge in [0.15, 0.2) is 0 Å². The molecule has 12 nitrogen and oxygen atoms in total. The van der Waals surface area contributed by atoms with E-state index >= 15 is 0 Å². The molecule has 0 aromatic heterocycles. The summed E-state index contributed by atoms with van der Waals surface area (Å²) in [6.45, 7) is 3.60. The fourth-order valence-corrected chi connectivity index (χ4v) is 3.55. The number of alkyl halides is 3. The Labute approximate surface area is 252 Å². The van der Waals surface area contributed by atoms with Gasteiger partial charge in [0.2, 0.25) is 11.5 Å². The number of methoxy groups -OCH3 is 1. The minimum atomic E-state index is -5.29. The summed E-state index contributed by atoms with van der Waals surface area (Å²) in [7, 11) is 0.742. The Morgan fingerprint density at radius 2 is 1.25 bits per heavy atom. The third kappa shape index (κ3) is 11.8. The topological polar surface area (TPSA) is 154 Å². The van der Waals surface area contributed by atoms with Crippen molar-refractivity contribution in [2.75, 3.05) is 13.7 Å². The second-order valence-corrected chi connectivity index (χ2v) is 10.2. The van der Waals surface area contributed by atoms with E-state index in [-0.39, 0.29) is 13.2 Å². The quantitative estimate of drug-likeness (QED) is 0.110.